The zero-order chi connectivity index (χ0) is 18.9. The van der Waals surface area contributed by atoms with Gasteiger partial charge in [-0.2, -0.15) is 13.2 Å². The summed E-state index contributed by atoms with van der Waals surface area (Å²) in [5, 5.41) is 4.56. The molecule has 1 aromatic heterocycles. The van der Waals surface area contributed by atoms with Crippen molar-refractivity contribution in [1.82, 2.24) is 10.3 Å². The maximum atomic E-state index is 13.6. The van der Waals surface area contributed by atoms with E-state index in [4.69, 9.17) is 0 Å². The van der Waals surface area contributed by atoms with E-state index in [0.717, 1.165) is 13.0 Å². The first kappa shape index (κ1) is 18.9. The van der Waals surface area contributed by atoms with Crippen LogP contribution in [0, 0.1) is 0 Å². The van der Waals surface area contributed by atoms with Crippen LogP contribution in [0.2, 0.25) is 0 Å². The van der Waals surface area contributed by atoms with Crippen molar-refractivity contribution in [2.24, 2.45) is 0 Å². The predicted octanol–water partition coefficient (Wildman–Crippen LogP) is 2.76. The second-order valence-electron chi connectivity index (χ2n) is 5.91. The van der Waals surface area contributed by atoms with Crippen LogP contribution in [0.5, 0.6) is 0 Å². The van der Waals surface area contributed by atoms with E-state index >= 15 is 0 Å². The number of nitrogens with zero attached hydrogens (tertiary/aromatic N) is 2. The summed E-state index contributed by atoms with van der Waals surface area (Å²) in [6, 6.07) is 2.98. The molecule has 1 unspecified atom stereocenters. The van der Waals surface area contributed by atoms with Crippen LogP contribution in [0.4, 0.5) is 24.7 Å². The highest BCUT2D eigenvalue weighted by Gasteiger charge is 2.37. The number of likely N-dealkylation sites (N-methyl/N-ethyl adjacent to an activating group) is 1. The fourth-order valence-electron chi connectivity index (χ4n) is 2.84. The molecule has 0 bridgehead atoms. The summed E-state index contributed by atoms with van der Waals surface area (Å²) in [6.45, 7) is 1.32. The van der Waals surface area contributed by atoms with Gasteiger partial charge in [0.25, 0.3) is 10.0 Å². The molecule has 142 valence electrons. The molecule has 0 aliphatic carbocycles. The van der Waals surface area contributed by atoms with Gasteiger partial charge in [0.1, 0.15) is 0 Å². The van der Waals surface area contributed by atoms with Crippen molar-refractivity contribution in [2.75, 3.05) is 29.8 Å². The first-order valence-electron chi connectivity index (χ1n) is 7.74. The monoisotopic (exact) mass is 406 g/mol. The standard InChI is InChI=1S/C15H17F3N4O2S2/c1-22(10-4-5-19-7-10)13-3-2-11(6-12(13)15(16,17)18)26(23,24)21-14-8-25-9-20-14/h2-3,6,8-10,19,21H,4-5,7H2,1H3. The molecule has 0 spiro atoms. The fraction of sp³-hybridized carbons (Fsp3) is 0.400. The minimum atomic E-state index is -4.68. The molecule has 11 heteroatoms. The Morgan fingerprint density at radius 1 is 1.38 bits per heavy atom. The number of sulfonamides is 1. The molecular weight excluding hydrogens is 389 g/mol. The molecule has 0 amide bonds. The summed E-state index contributed by atoms with van der Waals surface area (Å²) in [4.78, 5) is 4.88. The van der Waals surface area contributed by atoms with Gasteiger partial charge in [-0.1, -0.05) is 0 Å². The van der Waals surface area contributed by atoms with Crippen LogP contribution in [0.15, 0.2) is 34.0 Å². The summed E-state index contributed by atoms with van der Waals surface area (Å²) in [5.41, 5.74) is 0.402. The topological polar surface area (TPSA) is 74.3 Å². The normalized spacial score (nSPS) is 18.1. The first-order valence-corrected chi connectivity index (χ1v) is 10.2. The zero-order valence-corrected chi connectivity index (χ0v) is 15.4. The predicted molar refractivity (Wildman–Crippen MR) is 94.0 cm³/mol. The number of thiazole rings is 1. The zero-order valence-electron chi connectivity index (χ0n) is 13.7. The van der Waals surface area contributed by atoms with Gasteiger partial charge >= 0.3 is 6.18 Å². The van der Waals surface area contributed by atoms with E-state index in [0.29, 0.717) is 12.6 Å². The Hall–Kier alpha value is -1.85. The lowest BCUT2D eigenvalue weighted by Gasteiger charge is -2.29. The van der Waals surface area contributed by atoms with Crippen LogP contribution in [0.25, 0.3) is 0 Å². The molecule has 0 radical (unpaired) electrons. The van der Waals surface area contributed by atoms with Gasteiger partial charge in [0.05, 0.1) is 16.0 Å². The Balaban J connectivity index is 1.98. The summed E-state index contributed by atoms with van der Waals surface area (Å²) in [7, 11) is -2.58. The number of nitrogens with one attached hydrogen (secondary N) is 2. The summed E-state index contributed by atoms with van der Waals surface area (Å²) >= 11 is 1.17. The summed E-state index contributed by atoms with van der Waals surface area (Å²) < 4.78 is 67.7. The van der Waals surface area contributed by atoms with Crippen molar-refractivity contribution in [3.05, 3.63) is 34.7 Å². The molecule has 2 N–H and O–H groups in total. The Bertz CT molecular complexity index is 864. The first-order chi connectivity index (χ1) is 12.2. The van der Waals surface area contributed by atoms with Crippen molar-refractivity contribution in [3.63, 3.8) is 0 Å². The molecule has 1 atom stereocenters. The lowest BCUT2D eigenvalue weighted by molar-refractivity contribution is -0.137. The van der Waals surface area contributed by atoms with Crippen LogP contribution in [0.1, 0.15) is 12.0 Å². The maximum absolute atomic E-state index is 13.6. The highest BCUT2D eigenvalue weighted by atomic mass is 32.2. The third kappa shape index (κ3) is 3.94. The minimum Gasteiger partial charge on any atom is -0.370 e. The summed E-state index contributed by atoms with van der Waals surface area (Å²) in [5.74, 6) is 0.0711. The van der Waals surface area contributed by atoms with Crippen molar-refractivity contribution in [1.29, 1.82) is 0 Å². The van der Waals surface area contributed by atoms with E-state index in [2.05, 4.69) is 15.0 Å². The summed E-state index contributed by atoms with van der Waals surface area (Å²) in [6.07, 6.45) is -3.96. The van der Waals surface area contributed by atoms with E-state index in [1.165, 1.54) is 34.4 Å². The molecule has 3 rings (SSSR count). The van der Waals surface area contributed by atoms with Crippen LogP contribution >= 0.6 is 11.3 Å². The number of alkyl halides is 3. The smallest absolute Gasteiger partial charge is 0.370 e. The van der Waals surface area contributed by atoms with Gasteiger partial charge in [-0.3, -0.25) is 4.72 Å². The van der Waals surface area contributed by atoms with Crippen molar-refractivity contribution in [3.8, 4) is 0 Å². The molecule has 26 heavy (non-hydrogen) atoms. The maximum Gasteiger partial charge on any atom is 0.418 e. The minimum absolute atomic E-state index is 0.0428. The van der Waals surface area contributed by atoms with Gasteiger partial charge in [-0.15, -0.1) is 11.3 Å². The van der Waals surface area contributed by atoms with Gasteiger partial charge in [0.2, 0.25) is 0 Å². The van der Waals surface area contributed by atoms with E-state index in [-0.39, 0.29) is 17.5 Å². The van der Waals surface area contributed by atoms with E-state index in [1.807, 2.05) is 0 Å². The third-order valence-electron chi connectivity index (χ3n) is 4.22. The van der Waals surface area contributed by atoms with E-state index in [1.54, 1.807) is 11.9 Å². The lowest BCUT2D eigenvalue weighted by atomic mass is 10.1. The third-order valence-corrected chi connectivity index (χ3v) is 6.16. The number of halogens is 3. The number of hydrogen-bond donors (Lipinski definition) is 2. The van der Waals surface area contributed by atoms with Crippen molar-refractivity contribution in [2.45, 2.75) is 23.5 Å². The Kier molecular flexibility index (Phi) is 5.13. The van der Waals surface area contributed by atoms with Gasteiger partial charge in [0.15, 0.2) is 5.82 Å². The average Bonchev–Trinajstić information content (AvgIpc) is 3.26. The number of aromatic nitrogens is 1. The highest BCUT2D eigenvalue weighted by Crippen LogP contribution is 2.38. The molecule has 1 aromatic carbocycles. The highest BCUT2D eigenvalue weighted by molar-refractivity contribution is 7.92. The lowest BCUT2D eigenvalue weighted by Crippen LogP contribution is -2.34. The van der Waals surface area contributed by atoms with Gasteiger partial charge in [0, 0.05) is 30.7 Å². The molecule has 2 aromatic rings. The van der Waals surface area contributed by atoms with Crippen LogP contribution in [0.3, 0.4) is 0 Å². The quantitative estimate of drug-likeness (QED) is 0.799. The second-order valence-corrected chi connectivity index (χ2v) is 8.31. The number of anilines is 2. The Morgan fingerprint density at radius 3 is 2.73 bits per heavy atom. The van der Waals surface area contributed by atoms with Crippen molar-refractivity contribution < 1.29 is 21.6 Å². The fourth-order valence-corrected chi connectivity index (χ4v) is 4.43. The molecule has 2 heterocycles. The molecule has 6 nitrogen and oxygen atoms in total. The van der Waals surface area contributed by atoms with Crippen molar-refractivity contribution >= 4 is 32.9 Å². The van der Waals surface area contributed by atoms with E-state index in [9.17, 15) is 21.6 Å². The second kappa shape index (κ2) is 7.05. The molecule has 1 aliphatic heterocycles. The number of hydrogen-bond acceptors (Lipinski definition) is 6. The SMILES string of the molecule is CN(c1ccc(S(=O)(=O)Nc2cscn2)cc1C(F)(F)F)C1CCNC1. The molecule has 1 saturated heterocycles. The van der Waals surface area contributed by atoms with Crippen LogP contribution in [-0.2, 0) is 16.2 Å². The van der Waals surface area contributed by atoms with Crippen LogP contribution in [-0.4, -0.2) is 39.6 Å². The Labute approximate surface area is 153 Å². The van der Waals surface area contributed by atoms with Gasteiger partial charge < -0.3 is 10.2 Å². The van der Waals surface area contributed by atoms with Crippen LogP contribution < -0.4 is 14.9 Å². The molecular formula is C15H17F3N4O2S2. The van der Waals surface area contributed by atoms with E-state index < -0.39 is 26.7 Å². The number of benzene rings is 1. The van der Waals surface area contributed by atoms with Gasteiger partial charge in [-0.25, -0.2) is 13.4 Å². The van der Waals surface area contributed by atoms with Gasteiger partial charge in [-0.05, 0) is 31.2 Å². The largest absolute Gasteiger partial charge is 0.418 e. The molecule has 1 fully saturated rings. The molecule has 1 aliphatic rings. The molecule has 0 saturated carbocycles. The number of rotatable bonds is 5. The Morgan fingerprint density at radius 2 is 2.15 bits per heavy atom. The average molecular weight is 406 g/mol.